The first-order chi connectivity index (χ1) is 14.2. The summed E-state index contributed by atoms with van der Waals surface area (Å²) in [7, 11) is -3.71. The molecule has 0 aromatic heterocycles. The van der Waals surface area contributed by atoms with E-state index in [2.05, 4.69) is 10.0 Å². The lowest BCUT2D eigenvalue weighted by atomic mass is 9.95. The maximum atomic E-state index is 12.7. The molecule has 0 saturated heterocycles. The van der Waals surface area contributed by atoms with Crippen molar-refractivity contribution in [3.63, 3.8) is 0 Å². The summed E-state index contributed by atoms with van der Waals surface area (Å²) < 4.78 is 33.7. The quantitative estimate of drug-likeness (QED) is 0.685. The second-order valence-corrected chi connectivity index (χ2v) is 9.68. The van der Waals surface area contributed by atoms with Crippen molar-refractivity contribution in [1.29, 1.82) is 0 Å². The van der Waals surface area contributed by atoms with E-state index in [0.29, 0.717) is 11.4 Å². The van der Waals surface area contributed by atoms with Crippen LogP contribution in [0.5, 0.6) is 5.75 Å². The Morgan fingerprint density at radius 3 is 2.33 bits per heavy atom. The van der Waals surface area contributed by atoms with Crippen LogP contribution in [0.15, 0.2) is 47.4 Å². The summed E-state index contributed by atoms with van der Waals surface area (Å²) in [5.74, 6) is 0.307. The zero-order valence-corrected chi connectivity index (χ0v) is 18.6. The maximum Gasteiger partial charge on any atom is 0.261 e. The van der Waals surface area contributed by atoms with Crippen LogP contribution in [0, 0.1) is 13.8 Å². The average Bonchev–Trinajstić information content (AvgIpc) is 2.71. The van der Waals surface area contributed by atoms with Gasteiger partial charge in [-0.25, -0.2) is 8.42 Å². The number of nitrogens with one attached hydrogen (secondary N) is 2. The number of aryl methyl sites for hydroxylation is 2. The minimum atomic E-state index is -3.71. The molecule has 0 heterocycles. The molecule has 0 unspecified atom stereocenters. The van der Waals surface area contributed by atoms with Gasteiger partial charge in [0.2, 0.25) is 0 Å². The van der Waals surface area contributed by atoms with E-state index in [1.54, 1.807) is 25.1 Å². The monoisotopic (exact) mass is 430 g/mol. The van der Waals surface area contributed by atoms with Gasteiger partial charge in [0, 0.05) is 6.04 Å². The van der Waals surface area contributed by atoms with E-state index in [1.807, 2.05) is 26.0 Å². The Kier molecular flexibility index (Phi) is 7.02. The Labute approximate surface area is 179 Å². The number of carbonyl (C=O) groups excluding carboxylic acids is 1. The number of hydrogen-bond acceptors (Lipinski definition) is 4. The summed E-state index contributed by atoms with van der Waals surface area (Å²) in [5, 5.41) is 3.04. The Bertz CT molecular complexity index is 981. The standard InChI is InChI=1S/C23H30N2O4S/c1-16-9-14-22(17(2)15-16)25-30(27,28)21-12-10-20(11-13-21)29-18(3)23(26)24-19-7-5-4-6-8-19/h9-15,18-19,25H,4-8H2,1-3H3,(H,24,26)/t18-/m0/s1. The molecule has 30 heavy (non-hydrogen) atoms. The van der Waals surface area contributed by atoms with Gasteiger partial charge in [-0.2, -0.15) is 0 Å². The Hall–Kier alpha value is -2.54. The van der Waals surface area contributed by atoms with Gasteiger partial charge in [-0.1, -0.05) is 37.0 Å². The first-order valence-electron chi connectivity index (χ1n) is 10.4. The molecule has 0 radical (unpaired) electrons. The third-order valence-corrected chi connectivity index (χ3v) is 6.78. The van der Waals surface area contributed by atoms with Crippen LogP contribution < -0.4 is 14.8 Å². The van der Waals surface area contributed by atoms with Crippen molar-refractivity contribution in [2.24, 2.45) is 0 Å². The van der Waals surface area contributed by atoms with E-state index in [9.17, 15) is 13.2 Å². The summed E-state index contributed by atoms with van der Waals surface area (Å²) in [6.07, 6.45) is 4.89. The SMILES string of the molecule is Cc1ccc(NS(=O)(=O)c2ccc(O[C@@H](C)C(=O)NC3CCCCC3)cc2)c(C)c1. The lowest BCUT2D eigenvalue weighted by Gasteiger charge is -2.24. The van der Waals surface area contributed by atoms with Crippen LogP contribution in [0.2, 0.25) is 0 Å². The number of rotatable bonds is 7. The maximum absolute atomic E-state index is 12.7. The molecule has 162 valence electrons. The van der Waals surface area contributed by atoms with Crippen molar-refractivity contribution in [3.8, 4) is 5.75 Å². The van der Waals surface area contributed by atoms with E-state index < -0.39 is 16.1 Å². The van der Waals surface area contributed by atoms with Crippen molar-refractivity contribution in [2.75, 3.05) is 4.72 Å². The zero-order chi connectivity index (χ0) is 21.7. The van der Waals surface area contributed by atoms with Gasteiger partial charge in [0.15, 0.2) is 6.10 Å². The van der Waals surface area contributed by atoms with Crippen LogP contribution in [0.4, 0.5) is 5.69 Å². The fourth-order valence-corrected chi connectivity index (χ4v) is 4.78. The zero-order valence-electron chi connectivity index (χ0n) is 17.8. The topological polar surface area (TPSA) is 84.5 Å². The van der Waals surface area contributed by atoms with Gasteiger partial charge in [-0.3, -0.25) is 9.52 Å². The summed E-state index contributed by atoms with van der Waals surface area (Å²) >= 11 is 0. The Morgan fingerprint density at radius 1 is 1.03 bits per heavy atom. The van der Waals surface area contributed by atoms with Gasteiger partial charge in [0.05, 0.1) is 10.6 Å². The Morgan fingerprint density at radius 2 is 1.70 bits per heavy atom. The molecular weight excluding hydrogens is 400 g/mol. The normalized spacial score (nSPS) is 16.0. The lowest BCUT2D eigenvalue weighted by Crippen LogP contribution is -2.43. The third-order valence-electron chi connectivity index (χ3n) is 5.39. The van der Waals surface area contributed by atoms with Crippen molar-refractivity contribution in [2.45, 2.75) is 69.9 Å². The van der Waals surface area contributed by atoms with E-state index in [0.717, 1.165) is 36.8 Å². The van der Waals surface area contributed by atoms with Crippen molar-refractivity contribution in [3.05, 3.63) is 53.6 Å². The first-order valence-corrected chi connectivity index (χ1v) is 11.9. The number of anilines is 1. The molecular formula is C23H30N2O4S. The minimum Gasteiger partial charge on any atom is -0.481 e. The third kappa shape index (κ3) is 5.75. The molecule has 1 aliphatic carbocycles. The Balaban J connectivity index is 1.61. The number of sulfonamides is 1. The molecule has 2 aromatic carbocycles. The van der Waals surface area contributed by atoms with Crippen LogP contribution >= 0.6 is 0 Å². The lowest BCUT2D eigenvalue weighted by molar-refractivity contribution is -0.128. The molecule has 6 nitrogen and oxygen atoms in total. The molecule has 0 spiro atoms. The predicted octanol–water partition coefficient (Wildman–Crippen LogP) is 4.32. The summed E-state index contributed by atoms with van der Waals surface area (Å²) in [6, 6.07) is 11.9. The summed E-state index contributed by atoms with van der Waals surface area (Å²) in [5.41, 5.74) is 2.48. The van der Waals surface area contributed by atoms with E-state index >= 15 is 0 Å². The smallest absolute Gasteiger partial charge is 0.261 e. The average molecular weight is 431 g/mol. The van der Waals surface area contributed by atoms with Crippen LogP contribution in [0.3, 0.4) is 0 Å². The fraction of sp³-hybridized carbons (Fsp3) is 0.435. The van der Waals surface area contributed by atoms with Crippen molar-refractivity contribution < 1.29 is 17.9 Å². The largest absolute Gasteiger partial charge is 0.481 e. The molecule has 0 bridgehead atoms. The highest BCUT2D eigenvalue weighted by Gasteiger charge is 2.21. The highest BCUT2D eigenvalue weighted by Crippen LogP contribution is 2.23. The van der Waals surface area contributed by atoms with Gasteiger partial charge in [-0.15, -0.1) is 0 Å². The number of carbonyl (C=O) groups is 1. The van der Waals surface area contributed by atoms with E-state index in [4.69, 9.17) is 4.74 Å². The van der Waals surface area contributed by atoms with Crippen LogP contribution in [-0.4, -0.2) is 26.5 Å². The van der Waals surface area contributed by atoms with Crippen molar-refractivity contribution >= 4 is 21.6 Å². The molecule has 1 saturated carbocycles. The molecule has 1 aliphatic rings. The van der Waals surface area contributed by atoms with Crippen LogP contribution in [0.1, 0.15) is 50.2 Å². The van der Waals surface area contributed by atoms with E-state index in [1.165, 1.54) is 18.6 Å². The molecule has 7 heteroatoms. The van der Waals surface area contributed by atoms with Gasteiger partial charge < -0.3 is 10.1 Å². The first kappa shape index (κ1) is 22.2. The highest BCUT2D eigenvalue weighted by molar-refractivity contribution is 7.92. The summed E-state index contributed by atoms with van der Waals surface area (Å²) in [4.78, 5) is 12.5. The minimum absolute atomic E-state index is 0.133. The fourth-order valence-electron chi connectivity index (χ4n) is 3.65. The van der Waals surface area contributed by atoms with Gasteiger partial charge >= 0.3 is 0 Å². The molecule has 1 atom stereocenters. The molecule has 0 aliphatic heterocycles. The van der Waals surface area contributed by atoms with Crippen LogP contribution in [-0.2, 0) is 14.8 Å². The van der Waals surface area contributed by atoms with Gasteiger partial charge in [0.25, 0.3) is 15.9 Å². The number of benzene rings is 2. The summed E-state index contributed by atoms with van der Waals surface area (Å²) in [6.45, 7) is 5.52. The molecule has 3 rings (SSSR count). The van der Waals surface area contributed by atoms with Gasteiger partial charge in [-0.05, 0) is 69.5 Å². The van der Waals surface area contributed by atoms with Crippen molar-refractivity contribution in [1.82, 2.24) is 5.32 Å². The molecule has 1 fully saturated rings. The molecule has 2 N–H and O–H groups in total. The number of hydrogen-bond donors (Lipinski definition) is 2. The van der Waals surface area contributed by atoms with Crippen LogP contribution in [0.25, 0.3) is 0 Å². The molecule has 1 amide bonds. The predicted molar refractivity (Wildman–Crippen MR) is 118 cm³/mol. The second-order valence-electron chi connectivity index (χ2n) is 8.00. The van der Waals surface area contributed by atoms with E-state index in [-0.39, 0.29) is 16.8 Å². The molecule has 2 aromatic rings. The number of amides is 1. The van der Waals surface area contributed by atoms with Gasteiger partial charge in [0.1, 0.15) is 5.75 Å². The second kappa shape index (κ2) is 9.51. The highest BCUT2D eigenvalue weighted by atomic mass is 32.2. The number of ether oxygens (including phenoxy) is 1.